The summed E-state index contributed by atoms with van der Waals surface area (Å²) in [4.78, 5) is 23.9. The van der Waals surface area contributed by atoms with Crippen LogP contribution in [0.4, 0.5) is 22.0 Å². The number of carbonyl (C=O) groups is 2. The van der Waals surface area contributed by atoms with Gasteiger partial charge in [-0.25, -0.2) is 9.18 Å². The number of alkyl halides is 4. The number of carboxylic acids is 1. The van der Waals surface area contributed by atoms with Gasteiger partial charge < -0.3 is 20.1 Å². The summed E-state index contributed by atoms with van der Waals surface area (Å²) in [6.45, 7) is 5.17. The number of nitrogens with zero attached hydrogens (tertiary/aromatic N) is 1. The highest BCUT2D eigenvalue weighted by Crippen LogP contribution is 2.23. The second-order valence-electron chi connectivity index (χ2n) is 9.24. The van der Waals surface area contributed by atoms with Crippen LogP contribution in [0.15, 0.2) is 48.5 Å². The topological polar surface area (TPSA) is 78.9 Å². The molecule has 0 aromatic heterocycles. The van der Waals surface area contributed by atoms with Crippen molar-refractivity contribution in [2.75, 3.05) is 19.8 Å². The Morgan fingerprint density at radius 3 is 2.18 bits per heavy atom. The molecule has 3 rings (SSSR count). The van der Waals surface area contributed by atoms with Crippen molar-refractivity contribution in [3.8, 4) is 5.75 Å². The summed E-state index contributed by atoms with van der Waals surface area (Å²) in [6, 6.07) is 13.8. The summed E-state index contributed by atoms with van der Waals surface area (Å²) >= 11 is 0. The summed E-state index contributed by atoms with van der Waals surface area (Å²) in [7, 11) is 0. The van der Waals surface area contributed by atoms with E-state index in [1.165, 1.54) is 12.1 Å². The van der Waals surface area contributed by atoms with E-state index >= 15 is 0 Å². The van der Waals surface area contributed by atoms with Gasteiger partial charge in [-0.15, -0.1) is 0 Å². The number of halogens is 5. The molecule has 210 valence electrons. The third-order valence-corrected chi connectivity index (χ3v) is 5.92. The Morgan fingerprint density at radius 1 is 1.08 bits per heavy atom. The fourth-order valence-corrected chi connectivity index (χ4v) is 4.06. The maximum atomic E-state index is 13.7. The molecule has 1 amide bonds. The lowest BCUT2D eigenvalue weighted by molar-refractivity contribution is -0.192. The average molecular weight is 545 g/mol. The molecule has 0 aliphatic carbocycles. The maximum Gasteiger partial charge on any atom is 0.490 e. The van der Waals surface area contributed by atoms with Crippen molar-refractivity contribution in [3.63, 3.8) is 0 Å². The fraction of sp³-hybridized carbons (Fsp3) is 0.481. The first-order chi connectivity index (χ1) is 17.9. The predicted octanol–water partition coefficient (Wildman–Crippen LogP) is 5.16. The smallest absolute Gasteiger partial charge is 0.490 e. The minimum Gasteiger partial charge on any atom is -0.491 e. The molecule has 2 aromatic rings. The van der Waals surface area contributed by atoms with Gasteiger partial charge in [-0.1, -0.05) is 24.3 Å². The molecule has 0 radical (unpaired) electrons. The first-order valence-corrected chi connectivity index (χ1v) is 12.3. The van der Waals surface area contributed by atoms with E-state index in [0.717, 1.165) is 23.4 Å². The lowest BCUT2D eigenvalue weighted by Crippen LogP contribution is -2.52. The maximum absolute atomic E-state index is 13.7. The van der Waals surface area contributed by atoms with E-state index in [1.807, 2.05) is 38.1 Å². The van der Waals surface area contributed by atoms with Crippen LogP contribution >= 0.6 is 0 Å². The van der Waals surface area contributed by atoms with Crippen LogP contribution in [0.5, 0.6) is 5.75 Å². The van der Waals surface area contributed by atoms with Crippen molar-refractivity contribution < 1.29 is 41.4 Å². The molecular formula is C27H33F5N2O4. The van der Waals surface area contributed by atoms with Gasteiger partial charge in [-0.3, -0.25) is 9.18 Å². The largest absolute Gasteiger partial charge is 0.491 e. The summed E-state index contributed by atoms with van der Waals surface area (Å²) < 4.78 is 64.4. The van der Waals surface area contributed by atoms with Gasteiger partial charge in [0, 0.05) is 31.5 Å². The van der Waals surface area contributed by atoms with Gasteiger partial charge in [0.15, 0.2) is 0 Å². The molecule has 38 heavy (non-hydrogen) atoms. The second kappa shape index (κ2) is 14.7. The molecule has 1 fully saturated rings. The quantitative estimate of drug-likeness (QED) is 0.427. The zero-order valence-corrected chi connectivity index (χ0v) is 21.3. The zero-order chi connectivity index (χ0) is 28.3. The van der Waals surface area contributed by atoms with Gasteiger partial charge >= 0.3 is 12.1 Å². The Balaban J connectivity index is 0.000000638. The lowest BCUT2D eigenvalue weighted by atomic mass is 9.92. The molecule has 11 heteroatoms. The number of hydrogen-bond donors (Lipinski definition) is 2. The summed E-state index contributed by atoms with van der Waals surface area (Å²) in [5, 5.41) is 10.3. The molecule has 1 aliphatic rings. The van der Waals surface area contributed by atoms with Crippen molar-refractivity contribution in [3.05, 3.63) is 65.5 Å². The highest BCUT2D eigenvalue weighted by atomic mass is 19.4. The highest BCUT2D eigenvalue weighted by Gasteiger charge is 2.38. The minimum absolute atomic E-state index is 0.00261. The van der Waals surface area contributed by atoms with E-state index < -0.39 is 18.8 Å². The number of benzene rings is 2. The van der Waals surface area contributed by atoms with Crippen LogP contribution in [-0.4, -0.2) is 60.0 Å². The Kier molecular flexibility index (Phi) is 12.0. The molecule has 2 atom stereocenters. The number of amides is 1. The number of rotatable bonds is 9. The van der Waals surface area contributed by atoms with Gasteiger partial charge in [0.1, 0.15) is 11.6 Å². The van der Waals surface area contributed by atoms with Crippen LogP contribution in [0.1, 0.15) is 37.8 Å². The number of aliphatic carboxylic acids is 1. The van der Waals surface area contributed by atoms with Crippen molar-refractivity contribution in [1.82, 2.24) is 10.2 Å². The van der Waals surface area contributed by atoms with E-state index in [2.05, 4.69) is 5.32 Å². The third-order valence-electron chi connectivity index (χ3n) is 5.92. The molecule has 1 saturated heterocycles. The zero-order valence-electron chi connectivity index (χ0n) is 21.3. The average Bonchev–Trinajstić information content (AvgIpc) is 2.87. The number of aryl methyl sites for hydroxylation is 1. The molecule has 0 saturated carbocycles. The highest BCUT2D eigenvalue weighted by molar-refractivity contribution is 5.77. The van der Waals surface area contributed by atoms with Crippen LogP contribution in [0.2, 0.25) is 0 Å². The van der Waals surface area contributed by atoms with Gasteiger partial charge in [-0.05, 0) is 68.6 Å². The second-order valence-corrected chi connectivity index (χ2v) is 9.24. The monoisotopic (exact) mass is 544 g/mol. The lowest BCUT2D eigenvalue weighted by Gasteiger charge is -2.39. The minimum atomic E-state index is -5.08. The number of carboxylic acid groups (broad SMARTS) is 1. The molecule has 2 aromatic carbocycles. The fourth-order valence-electron chi connectivity index (χ4n) is 4.06. The Bertz CT molecular complexity index is 1010. The van der Waals surface area contributed by atoms with Crippen LogP contribution < -0.4 is 10.1 Å². The van der Waals surface area contributed by atoms with Crippen LogP contribution in [0.3, 0.4) is 0 Å². The van der Waals surface area contributed by atoms with Crippen molar-refractivity contribution in [2.24, 2.45) is 5.92 Å². The normalized spacial score (nSPS) is 17.4. The molecule has 0 bridgehead atoms. The van der Waals surface area contributed by atoms with Crippen LogP contribution in [-0.2, 0) is 22.6 Å². The molecule has 1 heterocycles. The summed E-state index contributed by atoms with van der Waals surface area (Å²) in [6.07, 6.45) is -3.32. The van der Waals surface area contributed by atoms with E-state index in [0.29, 0.717) is 32.4 Å². The van der Waals surface area contributed by atoms with Gasteiger partial charge in [0.25, 0.3) is 0 Å². The van der Waals surface area contributed by atoms with E-state index in [-0.39, 0.29) is 29.8 Å². The van der Waals surface area contributed by atoms with E-state index in [1.54, 1.807) is 17.0 Å². The number of carbonyl (C=O) groups excluding carboxylic acids is 1. The summed E-state index contributed by atoms with van der Waals surface area (Å²) in [5.41, 5.74) is 1.90. The Labute approximate surface area is 218 Å². The predicted molar refractivity (Wildman–Crippen MR) is 132 cm³/mol. The van der Waals surface area contributed by atoms with Crippen LogP contribution in [0, 0.1) is 11.7 Å². The number of ether oxygens (including phenoxy) is 1. The standard InChI is InChI=1S/C25H32F2N2O2.C2HF3O2/c1-18(2)31-23-10-5-19(6-11-23)7-12-25(30)29(17-20-3-8-22(27)9-4-20)24-13-14-28-16-21(24)15-26;3-2(4,5)1(6)7/h3-6,8-11,18,21,24,28H,7,12-17H2,1-2H3;(H,6,7)/t21-,24+;/m1./s1. The Morgan fingerprint density at radius 2 is 1.66 bits per heavy atom. The molecule has 0 spiro atoms. The summed E-state index contributed by atoms with van der Waals surface area (Å²) in [5.74, 6) is -2.49. The molecule has 1 aliphatic heterocycles. The molecule has 6 nitrogen and oxygen atoms in total. The third kappa shape index (κ3) is 10.3. The van der Waals surface area contributed by atoms with Gasteiger partial charge in [0.05, 0.1) is 12.8 Å². The number of piperidine rings is 1. The van der Waals surface area contributed by atoms with Crippen molar-refractivity contribution >= 4 is 11.9 Å². The number of nitrogens with one attached hydrogen (secondary N) is 1. The van der Waals surface area contributed by atoms with Crippen molar-refractivity contribution in [2.45, 2.75) is 58.0 Å². The first-order valence-electron chi connectivity index (χ1n) is 12.3. The first kappa shape index (κ1) is 31.0. The Hall–Kier alpha value is -3.21. The molecule has 2 N–H and O–H groups in total. The molecular weight excluding hydrogens is 511 g/mol. The van der Waals surface area contributed by atoms with Crippen molar-refractivity contribution in [1.29, 1.82) is 0 Å². The SMILES string of the molecule is CC(C)Oc1ccc(CCC(=O)N(Cc2ccc(F)cc2)[C@H]2CCNC[C@H]2CF)cc1.O=C(O)C(F)(F)F. The van der Waals surface area contributed by atoms with Crippen LogP contribution in [0.25, 0.3) is 0 Å². The molecule has 0 unspecified atom stereocenters. The van der Waals surface area contributed by atoms with E-state index in [4.69, 9.17) is 14.6 Å². The van der Waals surface area contributed by atoms with Gasteiger partial charge in [-0.2, -0.15) is 13.2 Å². The van der Waals surface area contributed by atoms with Gasteiger partial charge in [0.2, 0.25) is 5.91 Å². The number of hydrogen-bond acceptors (Lipinski definition) is 4. The van der Waals surface area contributed by atoms with E-state index in [9.17, 15) is 26.7 Å².